The van der Waals surface area contributed by atoms with Crippen molar-refractivity contribution in [2.45, 2.75) is 70.2 Å². The largest absolute Gasteiger partial charge is 0.496 e. The summed E-state index contributed by atoms with van der Waals surface area (Å²) in [7, 11) is 1.66. The first-order valence-electron chi connectivity index (χ1n) is 12.8. The molecule has 1 amide bonds. The summed E-state index contributed by atoms with van der Waals surface area (Å²) in [5.74, 6) is 1.60. The molecule has 1 aliphatic carbocycles. The van der Waals surface area contributed by atoms with Crippen molar-refractivity contribution >= 4 is 6.09 Å². The summed E-state index contributed by atoms with van der Waals surface area (Å²) in [6.45, 7) is 8.54. The lowest BCUT2D eigenvalue weighted by atomic mass is 9.74. The van der Waals surface area contributed by atoms with Gasteiger partial charge in [-0.05, 0) is 69.4 Å². The lowest BCUT2D eigenvalue weighted by Gasteiger charge is -2.40. The van der Waals surface area contributed by atoms with Gasteiger partial charge in [0.1, 0.15) is 17.1 Å². The van der Waals surface area contributed by atoms with Crippen LogP contribution in [0.3, 0.4) is 0 Å². The number of aliphatic hydroxyl groups excluding tert-OH is 1. The Bertz CT molecular complexity index is 1040. The van der Waals surface area contributed by atoms with E-state index in [4.69, 9.17) is 18.9 Å². The maximum Gasteiger partial charge on any atom is 0.410 e. The van der Waals surface area contributed by atoms with Crippen LogP contribution in [-0.4, -0.2) is 55.1 Å². The lowest BCUT2D eigenvalue weighted by molar-refractivity contribution is 0.0147. The molecule has 0 radical (unpaired) electrons. The maximum atomic E-state index is 12.5. The molecular weight excluding hydrogens is 458 g/mol. The highest BCUT2D eigenvalue weighted by Gasteiger charge is 2.46. The van der Waals surface area contributed by atoms with Gasteiger partial charge in [-0.1, -0.05) is 24.3 Å². The fourth-order valence-corrected chi connectivity index (χ4v) is 5.25. The van der Waals surface area contributed by atoms with E-state index in [0.717, 1.165) is 41.9 Å². The Morgan fingerprint density at radius 1 is 1.11 bits per heavy atom. The van der Waals surface area contributed by atoms with Crippen LogP contribution in [0.2, 0.25) is 0 Å². The van der Waals surface area contributed by atoms with E-state index >= 15 is 0 Å². The monoisotopic (exact) mass is 497 g/mol. The fraction of sp³-hybridized carbons (Fsp3) is 0.552. The second kappa shape index (κ2) is 11.1. The molecule has 1 spiro atoms. The van der Waals surface area contributed by atoms with E-state index in [0.29, 0.717) is 39.3 Å². The third kappa shape index (κ3) is 6.13. The van der Waals surface area contributed by atoms with Crippen LogP contribution in [0.15, 0.2) is 42.5 Å². The van der Waals surface area contributed by atoms with Crippen LogP contribution >= 0.6 is 0 Å². The molecule has 2 aliphatic rings. The topological polar surface area (TPSA) is 77.5 Å². The highest BCUT2D eigenvalue weighted by Crippen LogP contribution is 2.51. The molecule has 196 valence electrons. The van der Waals surface area contributed by atoms with Gasteiger partial charge >= 0.3 is 6.09 Å². The number of hydrogen-bond acceptors (Lipinski definition) is 6. The molecule has 4 rings (SSSR count). The highest BCUT2D eigenvalue weighted by atomic mass is 16.6. The number of fused-ring (bicyclic) bond motifs is 2. The van der Waals surface area contributed by atoms with E-state index in [2.05, 4.69) is 6.07 Å². The Hall–Kier alpha value is -2.77. The van der Waals surface area contributed by atoms with E-state index in [9.17, 15) is 9.90 Å². The van der Waals surface area contributed by atoms with Crippen LogP contribution in [0.25, 0.3) is 0 Å². The van der Waals surface area contributed by atoms with Crippen molar-refractivity contribution in [2.75, 3.05) is 33.4 Å². The van der Waals surface area contributed by atoms with Crippen molar-refractivity contribution in [2.24, 2.45) is 0 Å². The first-order chi connectivity index (χ1) is 17.2. The molecular formula is C29H39NO6. The van der Waals surface area contributed by atoms with Crippen LogP contribution in [0.5, 0.6) is 11.5 Å². The predicted molar refractivity (Wildman–Crippen MR) is 137 cm³/mol. The maximum absolute atomic E-state index is 12.5. The standard InChI is InChI=1S/C29H39NO6/c1-28(2,3)36-27(32)30-14-12-29(13-15-30)19-25(31)23-18-22(10-11-24(23)29)35-17-7-16-34-20-21-8-5-6-9-26(21)33-4/h5-6,8-11,18,25,31H,7,12-17,19-20H2,1-4H3/t25-/m1/s1. The Kier molecular flexibility index (Phi) is 8.10. The van der Waals surface area contributed by atoms with Crippen LogP contribution < -0.4 is 9.47 Å². The number of nitrogens with zero attached hydrogens (tertiary/aromatic N) is 1. The van der Waals surface area contributed by atoms with Gasteiger partial charge in [0, 0.05) is 30.5 Å². The number of benzene rings is 2. The third-order valence-corrected chi connectivity index (χ3v) is 7.06. The van der Waals surface area contributed by atoms with Gasteiger partial charge < -0.3 is 29.0 Å². The number of carbonyl (C=O) groups excluding carboxylic acids is 1. The molecule has 0 bridgehead atoms. The molecule has 7 heteroatoms. The summed E-state index contributed by atoms with van der Waals surface area (Å²) >= 11 is 0. The minimum atomic E-state index is -0.513. The molecule has 36 heavy (non-hydrogen) atoms. The first kappa shape index (κ1) is 26.3. The van der Waals surface area contributed by atoms with Crippen molar-refractivity contribution in [1.29, 1.82) is 0 Å². The Morgan fingerprint density at radius 2 is 1.86 bits per heavy atom. The van der Waals surface area contributed by atoms with E-state index < -0.39 is 11.7 Å². The molecule has 0 unspecified atom stereocenters. The summed E-state index contributed by atoms with van der Waals surface area (Å²) in [4.78, 5) is 14.2. The molecule has 7 nitrogen and oxygen atoms in total. The number of piperidine rings is 1. The number of rotatable bonds is 8. The van der Waals surface area contributed by atoms with Crippen molar-refractivity contribution < 1.29 is 28.8 Å². The van der Waals surface area contributed by atoms with Gasteiger partial charge in [-0.2, -0.15) is 0 Å². The summed E-state index contributed by atoms with van der Waals surface area (Å²) in [6.07, 6.45) is 2.32. The van der Waals surface area contributed by atoms with Gasteiger partial charge in [0.05, 0.1) is 33.0 Å². The van der Waals surface area contributed by atoms with Gasteiger partial charge in [0.15, 0.2) is 0 Å². The normalized spacial score (nSPS) is 18.7. The smallest absolute Gasteiger partial charge is 0.410 e. The third-order valence-electron chi connectivity index (χ3n) is 7.06. The van der Waals surface area contributed by atoms with Gasteiger partial charge in [-0.15, -0.1) is 0 Å². The summed E-state index contributed by atoms with van der Waals surface area (Å²) in [6, 6.07) is 13.9. The molecule has 2 aromatic carbocycles. The molecule has 2 aromatic rings. The van der Waals surface area contributed by atoms with Gasteiger partial charge in [0.2, 0.25) is 0 Å². The zero-order valence-corrected chi connectivity index (χ0v) is 21.9. The summed E-state index contributed by atoms with van der Waals surface area (Å²) in [5.41, 5.74) is 2.56. The molecule has 1 atom stereocenters. The van der Waals surface area contributed by atoms with Crippen LogP contribution in [0.1, 0.15) is 69.2 Å². The molecule has 1 fully saturated rings. The number of para-hydroxylation sites is 1. The second-order valence-electron chi connectivity index (χ2n) is 10.8. The molecule has 0 aromatic heterocycles. The fourth-order valence-electron chi connectivity index (χ4n) is 5.25. The average molecular weight is 498 g/mol. The molecule has 1 aliphatic heterocycles. The number of methoxy groups -OCH3 is 1. The number of aliphatic hydroxyl groups is 1. The van der Waals surface area contributed by atoms with Crippen molar-refractivity contribution in [3.05, 3.63) is 59.2 Å². The summed E-state index contributed by atoms with van der Waals surface area (Å²) in [5, 5.41) is 10.9. The van der Waals surface area contributed by atoms with E-state index in [1.807, 2.05) is 57.2 Å². The highest BCUT2D eigenvalue weighted by molar-refractivity contribution is 5.68. The minimum absolute atomic E-state index is 0.0991. The van der Waals surface area contributed by atoms with Crippen LogP contribution in [0.4, 0.5) is 4.79 Å². The van der Waals surface area contributed by atoms with Crippen LogP contribution in [-0.2, 0) is 21.5 Å². The molecule has 1 N–H and O–H groups in total. The Labute approximate surface area is 214 Å². The molecule has 1 saturated heterocycles. The van der Waals surface area contributed by atoms with E-state index in [1.54, 1.807) is 12.0 Å². The number of carbonyl (C=O) groups is 1. The summed E-state index contributed by atoms with van der Waals surface area (Å²) < 4.78 is 22.6. The first-order valence-corrected chi connectivity index (χ1v) is 12.8. The number of likely N-dealkylation sites (tertiary alicyclic amines) is 1. The van der Waals surface area contributed by atoms with Gasteiger partial charge in [0.25, 0.3) is 0 Å². The Morgan fingerprint density at radius 3 is 2.58 bits per heavy atom. The zero-order valence-electron chi connectivity index (χ0n) is 21.9. The number of hydrogen-bond donors (Lipinski definition) is 1. The van der Waals surface area contributed by atoms with Gasteiger partial charge in [-0.25, -0.2) is 4.79 Å². The van der Waals surface area contributed by atoms with Crippen molar-refractivity contribution in [1.82, 2.24) is 4.90 Å². The molecule has 1 heterocycles. The quantitative estimate of drug-likeness (QED) is 0.493. The second-order valence-corrected chi connectivity index (χ2v) is 10.8. The van der Waals surface area contributed by atoms with Crippen LogP contribution in [0, 0.1) is 0 Å². The Balaban J connectivity index is 1.26. The van der Waals surface area contributed by atoms with E-state index in [-0.39, 0.29) is 11.5 Å². The number of ether oxygens (including phenoxy) is 4. The minimum Gasteiger partial charge on any atom is -0.496 e. The lowest BCUT2D eigenvalue weighted by Crippen LogP contribution is -2.46. The molecule has 0 saturated carbocycles. The zero-order chi connectivity index (χ0) is 25.8. The van der Waals surface area contributed by atoms with Crippen molar-refractivity contribution in [3.8, 4) is 11.5 Å². The van der Waals surface area contributed by atoms with Gasteiger partial charge in [-0.3, -0.25) is 0 Å². The number of amides is 1. The SMILES string of the molecule is COc1ccccc1COCCCOc1ccc2c(c1)[C@H](O)CC21CCN(C(=O)OC(C)(C)C)CC1. The predicted octanol–water partition coefficient (Wildman–Crippen LogP) is 5.39. The van der Waals surface area contributed by atoms with E-state index in [1.165, 1.54) is 5.56 Å². The van der Waals surface area contributed by atoms with Crippen molar-refractivity contribution in [3.63, 3.8) is 0 Å². The average Bonchev–Trinajstić information content (AvgIpc) is 3.11.